The maximum Gasteiger partial charge on any atom is 0.271 e. The number of carbonyl (C=O) groups excluding carboxylic acids is 1. The summed E-state index contributed by atoms with van der Waals surface area (Å²) < 4.78 is 16.8. The fraction of sp³-hybridized carbons (Fsp3) is 0.200. The van der Waals surface area contributed by atoms with Crippen LogP contribution in [0.1, 0.15) is 34.8 Å². The number of hydrazone groups is 1. The number of nitrogens with one attached hydrogen (secondary N) is 1. The van der Waals surface area contributed by atoms with Crippen molar-refractivity contribution >= 4 is 12.1 Å². The van der Waals surface area contributed by atoms with Crippen molar-refractivity contribution in [3.63, 3.8) is 0 Å². The van der Waals surface area contributed by atoms with Gasteiger partial charge >= 0.3 is 0 Å². The van der Waals surface area contributed by atoms with Gasteiger partial charge in [0.05, 0.1) is 19.9 Å². The third-order valence-corrected chi connectivity index (χ3v) is 4.39. The van der Waals surface area contributed by atoms with Crippen molar-refractivity contribution in [3.05, 3.63) is 89.5 Å². The maximum atomic E-state index is 12.2. The number of carbonyl (C=O) groups is 1. The topological polar surface area (TPSA) is 69.2 Å². The van der Waals surface area contributed by atoms with Crippen LogP contribution in [0.3, 0.4) is 0 Å². The van der Waals surface area contributed by atoms with Crippen LogP contribution < -0.4 is 19.6 Å². The predicted octanol–water partition coefficient (Wildman–Crippen LogP) is 4.83. The van der Waals surface area contributed by atoms with Gasteiger partial charge in [-0.2, -0.15) is 5.10 Å². The summed E-state index contributed by atoms with van der Waals surface area (Å²) in [5.41, 5.74) is 4.87. The highest BCUT2D eigenvalue weighted by Crippen LogP contribution is 2.28. The molecule has 0 fully saturated rings. The van der Waals surface area contributed by atoms with E-state index in [1.165, 1.54) is 0 Å². The number of ether oxygens (including phenoxy) is 3. The van der Waals surface area contributed by atoms with Gasteiger partial charge in [0.25, 0.3) is 5.91 Å². The lowest BCUT2D eigenvalue weighted by molar-refractivity contribution is 0.0955. The molecule has 31 heavy (non-hydrogen) atoms. The summed E-state index contributed by atoms with van der Waals surface area (Å²) in [7, 11) is 1.58. The number of benzene rings is 3. The average molecular weight is 418 g/mol. The van der Waals surface area contributed by atoms with E-state index in [1.807, 2.05) is 49.4 Å². The summed E-state index contributed by atoms with van der Waals surface area (Å²) in [5, 5.41) is 4.04. The van der Waals surface area contributed by atoms with Gasteiger partial charge in [0, 0.05) is 5.56 Å². The van der Waals surface area contributed by atoms with Gasteiger partial charge in [0.15, 0.2) is 11.5 Å². The normalized spacial score (nSPS) is 10.6. The molecule has 3 rings (SSSR count). The second-order valence-corrected chi connectivity index (χ2v) is 6.76. The largest absolute Gasteiger partial charge is 0.494 e. The number of nitrogens with zero attached hydrogens (tertiary/aromatic N) is 1. The Morgan fingerprint density at radius 3 is 2.45 bits per heavy atom. The molecule has 0 aliphatic heterocycles. The molecular formula is C25H26N2O4. The average Bonchev–Trinajstić information content (AvgIpc) is 2.82. The molecule has 0 spiro atoms. The molecule has 1 N–H and O–H groups in total. The van der Waals surface area contributed by atoms with Crippen LogP contribution in [0.15, 0.2) is 77.9 Å². The van der Waals surface area contributed by atoms with Crippen LogP contribution in [0.5, 0.6) is 17.2 Å². The molecule has 0 unspecified atom stereocenters. The van der Waals surface area contributed by atoms with Gasteiger partial charge in [-0.1, -0.05) is 37.3 Å². The zero-order valence-corrected chi connectivity index (χ0v) is 17.7. The Balaban J connectivity index is 1.57. The smallest absolute Gasteiger partial charge is 0.271 e. The molecule has 0 heterocycles. The van der Waals surface area contributed by atoms with Gasteiger partial charge in [-0.15, -0.1) is 0 Å². The fourth-order valence-electron chi connectivity index (χ4n) is 2.77. The van der Waals surface area contributed by atoms with Crippen LogP contribution in [0.25, 0.3) is 0 Å². The van der Waals surface area contributed by atoms with E-state index in [-0.39, 0.29) is 5.91 Å². The molecule has 1 amide bonds. The summed E-state index contributed by atoms with van der Waals surface area (Å²) in [4.78, 5) is 12.2. The molecule has 0 atom stereocenters. The van der Waals surface area contributed by atoms with Gasteiger partial charge < -0.3 is 14.2 Å². The van der Waals surface area contributed by atoms with Crippen molar-refractivity contribution in [2.45, 2.75) is 20.0 Å². The van der Waals surface area contributed by atoms with E-state index in [1.54, 1.807) is 43.7 Å². The van der Waals surface area contributed by atoms with Gasteiger partial charge in [0.1, 0.15) is 12.4 Å². The van der Waals surface area contributed by atoms with E-state index in [4.69, 9.17) is 14.2 Å². The minimum atomic E-state index is -0.298. The van der Waals surface area contributed by atoms with Crippen molar-refractivity contribution in [1.29, 1.82) is 0 Å². The summed E-state index contributed by atoms with van der Waals surface area (Å²) in [6, 6.07) is 22.3. The Hall–Kier alpha value is -3.80. The van der Waals surface area contributed by atoms with Crippen LogP contribution in [0, 0.1) is 0 Å². The molecule has 0 bridgehead atoms. The number of amides is 1. The molecule has 3 aromatic rings. The SMILES string of the molecule is CCCOc1ccc(C(=O)N/N=C\c2ccc(OCc3ccccc3)c(OC)c2)cc1. The molecule has 0 aromatic heterocycles. The molecule has 6 heteroatoms. The number of methoxy groups -OCH3 is 1. The minimum absolute atomic E-state index is 0.298. The Kier molecular flexibility index (Phi) is 8.05. The number of hydrogen-bond donors (Lipinski definition) is 1. The molecule has 0 radical (unpaired) electrons. The van der Waals surface area contributed by atoms with Crippen LogP contribution >= 0.6 is 0 Å². The van der Waals surface area contributed by atoms with Crippen molar-refractivity contribution in [3.8, 4) is 17.2 Å². The van der Waals surface area contributed by atoms with E-state index in [0.717, 1.165) is 23.3 Å². The number of hydrogen-bond acceptors (Lipinski definition) is 5. The van der Waals surface area contributed by atoms with E-state index in [9.17, 15) is 4.79 Å². The lowest BCUT2D eigenvalue weighted by Gasteiger charge is -2.11. The predicted molar refractivity (Wildman–Crippen MR) is 121 cm³/mol. The maximum absolute atomic E-state index is 12.2. The first-order valence-corrected chi connectivity index (χ1v) is 10.1. The lowest BCUT2D eigenvalue weighted by atomic mass is 10.2. The number of rotatable bonds is 10. The second-order valence-electron chi connectivity index (χ2n) is 6.76. The summed E-state index contributed by atoms with van der Waals surface area (Å²) in [6.07, 6.45) is 2.49. The Labute approximate surface area is 182 Å². The summed E-state index contributed by atoms with van der Waals surface area (Å²) in [6.45, 7) is 3.14. The highest BCUT2D eigenvalue weighted by molar-refractivity contribution is 5.95. The second kappa shape index (κ2) is 11.4. The van der Waals surface area contributed by atoms with E-state index in [2.05, 4.69) is 10.5 Å². The summed E-state index contributed by atoms with van der Waals surface area (Å²) in [5.74, 6) is 1.67. The fourth-order valence-corrected chi connectivity index (χ4v) is 2.77. The zero-order valence-electron chi connectivity index (χ0n) is 17.7. The first-order chi connectivity index (χ1) is 15.2. The van der Waals surface area contributed by atoms with Gasteiger partial charge in [-0.05, 0) is 60.0 Å². The van der Waals surface area contributed by atoms with Gasteiger partial charge in [-0.25, -0.2) is 5.43 Å². The van der Waals surface area contributed by atoms with E-state index >= 15 is 0 Å². The molecule has 0 aliphatic carbocycles. The van der Waals surface area contributed by atoms with Gasteiger partial charge in [-0.3, -0.25) is 4.79 Å². The molecular weight excluding hydrogens is 392 g/mol. The molecule has 0 aliphatic rings. The third-order valence-electron chi connectivity index (χ3n) is 4.39. The van der Waals surface area contributed by atoms with Crippen molar-refractivity contribution < 1.29 is 19.0 Å². The van der Waals surface area contributed by atoms with Crippen LogP contribution in [0.2, 0.25) is 0 Å². The molecule has 0 saturated carbocycles. The van der Waals surface area contributed by atoms with Crippen LogP contribution in [-0.4, -0.2) is 25.8 Å². The van der Waals surface area contributed by atoms with Crippen molar-refractivity contribution in [1.82, 2.24) is 5.43 Å². The van der Waals surface area contributed by atoms with Crippen LogP contribution in [-0.2, 0) is 6.61 Å². The molecule has 0 saturated heterocycles. The van der Waals surface area contributed by atoms with E-state index in [0.29, 0.717) is 30.3 Å². The van der Waals surface area contributed by atoms with Crippen molar-refractivity contribution in [2.75, 3.05) is 13.7 Å². The van der Waals surface area contributed by atoms with Gasteiger partial charge in [0.2, 0.25) is 0 Å². The first-order valence-electron chi connectivity index (χ1n) is 10.1. The first kappa shape index (κ1) is 21.9. The third kappa shape index (κ3) is 6.60. The molecule has 6 nitrogen and oxygen atoms in total. The quantitative estimate of drug-likeness (QED) is 0.378. The zero-order chi connectivity index (χ0) is 21.9. The van der Waals surface area contributed by atoms with E-state index < -0.39 is 0 Å². The standard InChI is InChI=1S/C25H26N2O4/c1-3-15-30-22-12-10-21(11-13-22)25(28)27-26-17-20-9-14-23(24(16-20)29-2)31-18-19-7-5-4-6-8-19/h4-14,16-17H,3,15,18H2,1-2H3,(H,27,28)/b26-17-. The Morgan fingerprint density at radius 2 is 1.74 bits per heavy atom. The Morgan fingerprint density at radius 1 is 0.968 bits per heavy atom. The summed E-state index contributed by atoms with van der Waals surface area (Å²) >= 11 is 0. The molecule has 3 aromatic carbocycles. The Bertz CT molecular complexity index is 1000. The lowest BCUT2D eigenvalue weighted by Crippen LogP contribution is -2.17. The van der Waals surface area contributed by atoms with Crippen molar-refractivity contribution in [2.24, 2.45) is 5.10 Å². The van der Waals surface area contributed by atoms with Crippen LogP contribution in [0.4, 0.5) is 0 Å². The highest BCUT2D eigenvalue weighted by atomic mass is 16.5. The highest BCUT2D eigenvalue weighted by Gasteiger charge is 2.07. The monoisotopic (exact) mass is 418 g/mol. The minimum Gasteiger partial charge on any atom is -0.494 e. The molecule has 160 valence electrons.